The number of rotatable bonds is 7. The van der Waals surface area contributed by atoms with Crippen LogP contribution >= 0.6 is 11.3 Å². The van der Waals surface area contributed by atoms with Crippen molar-refractivity contribution in [3.8, 4) is 10.6 Å². The number of aromatic nitrogens is 1. The molecule has 0 aliphatic rings. The van der Waals surface area contributed by atoms with Crippen molar-refractivity contribution in [3.05, 3.63) is 29.1 Å². The van der Waals surface area contributed by atoms with Crippen LogP contribution in [-0.4, -0.2) is 18.1 Å². The molecule has 0 amide bonds. The molecule has 4 heteroatoms. The Balaban J connectivity index is 1.97. The van der Waals surface area contributed by atoms with Gasteiger partial charge in [0.2, 0.25) is 0 Å². The van der Waals surface area contributed by atoms with Gasteiger partial charge in [0.25, 0.3) is 0 Å². The molecule has 0 fully saturated rings. The minimum absolute atomic E-state index is 0.823. The molecule has 0 saturated carbocycles. The van der Waals surface area contributed by atoms with Crippen molar-refractivity contribution >= 4 is 11.3 Å². The fraction of sp³-hybridized carbons (Fsp3) is 0.500. The lowest BCUT2D eigenvalue weighted by molar-refractivity contribution is 0.495. The molecular formula is C14H20N2OS. The zero-order valence-corrected chi connectivity index (χ0v) is 11.8. The molecule has 2 aromatic rings. The molecule has 0 saturated heterocycles. The Morgan fingerprint density at radius 2 is 2.22 bits per heavy atom. The predicted octanol–water partition coefficient (Wildman–Crippen LogP) is 3.51. The van der Waals surface area contributed by atoms with Gasteiger partial charge >= 0.3 is 0 Å². The fourth-order valence-electron chi connectivity index (χ4n) is 1.86. The number of aryl methyl sites for hydroxylation is 1. The molecule has 0 aromatic carbocycles. The van der Waals surface area contributed by atoms with E-state index in [4.69, 9.17) is 4.42 Å². The largest absolute Gasteiger partial charge is 0.440 e. The first kappa shape index (κ1) is 13.3. The second-order valence-electron chi connectivity index (χ2n) is 4.25. The zero-order valence-electron chi connectivity index (χ0n) is 11.0. The average molecular weight is 264 g/mol. The minimum Gasteiger partial charge on any atom is -0.440 e. The summed E-state index contributed by atoms with van der Waals surface area (Å²) < 4.78 is 5.81. The molecule has 1 N–H and O–H groups in total. The van der Waals surface area contributed by atoms with Crippen LogP contribution in [0.15, 0.2) is 22.1 Å². The highest BCUT2D eigenvalue weighted by Crippen LogP contribution is 2.30. The van der Waals surface area contributed by atoms with Crippen LogP contribution in [-0.2, 0) is 12.8 Å². The molecule has 18 heavy (non-hydrogen) atoms. The number of nitrogens with zero attached hydrogens (tertiary/aromatic N) is 1. The minimum atomic E-state index is 0.823. The Bertz CT molecular complexity index is 476. The van der Waals surface area contributed by atoms with Crippen LogP contribution in [0.2, 0.25) is 0 Å². The van der Waals surface area contributed by atoms with Crippen molar-refractivity contribution in [2.45, 2.75) is 33.1 Å². The Labute approximate surface area is 112 Å². The normalized spacial score (nSPS) is 11.0. The van der Waals surface area contributed by atoms with Crippen molar-refractivity contribution in [1.29, 1.82) is 0 Å². The van der Waals surface area contributed by atoms with E-state index in [1.807, 2.05) is 6.20 Å². The summed E-state index contributed by atoms with van der Waals surface area (Å²) in [6.45, 7) is 6.31. The van der Waals surface area contributed by atoms with Gasteiger partial charge in [-0.25, -0.2) is 4.98 Å². The van der Waals surface area contributed by atoms with Gasteiger partial charge < -0.3 is 9.73 Å². The first-order chi connectivity index (χ1) is 8.85. The van der Waals surface area contributed by atoms with Gasteiger partial charge in [0.05, 0.1) is 11.1 Å². The van der Waals surface area contributed by atoms with Gasteiger partial charge in [-0.3, -0.25) is 0 Å². The second kappa shape index (κ2) is 6.71. The third-order valence-corrected chi connectivity index (χ3v) is 3.82. The quantitative estimate of drug-likeness (QED) is 0.778. The van der Waals surface area contributed by atoms with E-state index >= 15 is 0 Å². The summed E-state index contributed by atoms with van der Waals surface area (Å²) in [5.41, 5.74) is 1.34. The van der Waals surface area contributed by atoms with Crippen molar-refractivity contribution in [2.24, 2.45) is 0 Å². The van der Waals surface area contributed by atoms with E-state index in [0.29, 0.717) is 0 Å². The highest BCUT2D eigenvalue weighted by Gasteiger charge is 2.11. The molecule has 2 aromatic heterocycles. The van der Waals surface area contributed by atoms with Gasteiger partial charge in [-0.2, -0.15) is 0 Å². The van der Waals surface area contributed by atoms with Crippen molar-refractivity contribution < 1.29 is 4.42 Å². The third-order valence-electron chi connectivity index (χ3n) is 2.85. The topological polar surface area (TPSA) is 38.1 Å². The maximum atomic E-state index is 5.81. The number of nitrogens with one attached hydrogen (secondary N) is 1. The van der Waals surface area contributed by atoms with Crippen LogP contribution in [0, 0.1) is 0 Å². The SMILES string of the molecule is CCCNCCc1ncc(-c2sccc2CC)o1. The summed E-state index contributed by atoms with van der Waals surface area (Å²) in [6.07, 6.45) is 4.89. The number of oxazole rings is 1. The van der Waals surface area contributed by atoms with E-state index in [-0.39, 0.29) is 0 Å². The fourth-order valence-corrected chi connectivity index (χ4v) is 2.80. The van der Waals surface area contributed by atoms with Crippen LogP contribution in [0.1, 0.15) is 31.7 Å². The molecule has 2 heterocycles. The van der Waals surface area contributed by atoms with Gasteiger partial charge in [0, 0.05) is 13.0 Å². The van der Waals surface area contributed by atoms with Gasteiger partial charge in [-0.15, -0.1) is 11.3 Å². The van der Waals surface area contributed by atoms with E-state index in [9.17, 15) is 0 Å². The standard InChI is InChI=1S/C14H20N2OS/c1-3-7-15-8-5-13-16-10-12(17-13)14-11(4-2)6-9-18-14/h6,9-10,15H,3-5,7-8H2,1-2H3. The van der Waals surface area contributed by atoms with Crippen molar-refractivity contribution in [3.63, 3.8) is 0 Å². The molecule has 0 bridgehead atoms. The smallest absolute Gasteiger partial charge is 0.196 e. The van der Waals surface area contributed by atoms with Crippen molar-refractivity contribution in [2.75, 3.05) is 13.1 Å². The molecular weight excluding hydrogens is 244 g/mol. The molecule has 0 atom stereocenters. The van der Waals surface area contributed by atoms with Gasteiger partial charge in [-0.1, -0.05) is 13.8 Å². The van der Waals surface area contributed by atoms with E-state index in [0.717, 1.165) is 44.0 Å². The number of thiophene rings is 1. The van der Waals surface area contributed by atoms with E-state index < -0.39 is 0 Å². The van der Waals surface area contributed by atoms with Gasteiger partial charge in [0.15, 0.2) is 11.7 Å². The molecule has 2 rings (SSSR count). The van der Waals surface area contributed by atoms with Crippen LogP contribution in [0.25, 0.3) is 10.6 Å². The molecule has 0 unspecified atom stereocenters. The molecule has 0 spiro atoms. The summed E-state index contributed by atoms with van der Waals surface area (Å²) in [5, 5.41) is 5.46. The summed E-state index contributed by atoms with van der Waals surface area (Å²) in [6, 6.07) is 2.16. The second-order valence-corrected chi connectivity index (χ2v) is 5.16. The van der Waals surface area contributed by atoms with Crippen molar-refractivity contribution in [1.82, 2.24) is 10.3 Å². The van der Waals surface area contributed by atoms with Crippen LogP contribution < -0.4 is 5.32 Å². The maximum Gasteiger partial charge on any atom is 0.196 e. The Morgan fingerprint density at radius 1 is 1.33 bits per heavy atom. The Hall–Kier alpha value is -1.13. The number of hydrogen-bond acceptors (Lipinski definition) is 4. The van der Waals surface area contributed by atoms with Gasteiger partial charge in [0.1, 0.15) is 0 Å². The first-order valence-corrected chi connectivity index (χ1v) is 7.45. The zero-order chi connectivity index (χ0) is 12.8. The number of hydrogen-bond donors (Lipinski definition) is 1. The highest BCUT2D eigenvalue weighted by molar-refractivity contribution is 7.13. The van der Waals surface area contributed by atoms with E-state index in [1.54, 1.807) is 11.3 Å². The van der Waals surface area contributed by atoms with Gasteiger partial charge in [-0.05, 0) is 36.4 Å². The lowest BCUT2D eigenvalue weighted by Crippen LogP contribution is -2.17. The summed E-state index contributed by atoms with van der Waals surface area (Å²) >= 11 is 1.72. The predicted molar refractivity (Wildman–Crippen MR) is 76.1 cm³/mol. The van der Waals surface area contributed by atoms with Crippen LogP contribution in [0.5, 0.6) is 0 Å². The monoisotopic (exact) mass is 264 g/mol. The highest BCUT2D eigenvalue weighted by atomic mass is 32.1. The Kier molecular flexibility index (Phi) is 4.96. The molecule has 3 nitrogen and oxygen atoms in total. The van der Waals surface area contributed by atoms with Crippen LogP contribution in [0.3, 0.4) is 0 Å². The lowest BCUT2D eigenvalue weighted by atomic mass is 10.2. The van der Waals surface area contributed by atoms with Crippen LogP contribution in [0.4, 0.5) is 0 Å². The molecule has 0 aliphatic carbocycles. The Morgan fingerprint density at radius 3 is 3.00 bits per heavy atom. The summed E-state index contributed by atoms with van der Waals surface area (Å²) in [5.74, 6) is 1.73. The van der Waals surface area contributed by atoms with E-state index in [1.165, 1.54) is 10.4 Å². The average Bonchev–Trinajstić information content (AvgIpc) is 3.02. The third kappa shape index (κ3) is 3.21. The molecule has 0 radical (unpaired) electrons. The summed E-state index contributed by atoms with van der Waals surface area (Å²) in [7, 11) is 0. The lowest BCUT2D eigenvalue weighted by Gasteiger charge is -1.99. The first-order valence-electron chi connectivity index (χ1n) is 6.57. The summed E-state index contributed by atoms with van der Waals surface area (Å²) in [4.78, 5) is 5.57. The van der Waals surface area contributed by atoms with E-state index in [2.05, 4.69) is 35.6 Å². The maximum absolute atomic E-state index is 5.81. The molecule has 0 aliphatic heterocycles. The molecule has 98 valence electrons.